The largest absolute Gasteiger partial charge is 0.478 e. The van der Waals surface area contributed by atoms with Gasteiger partial charge in [0.1, 0.15) is 11.8 Å². The summed E-state index contributed by atoms with van der Waals surface area (Å²) in [5.74, 6) is 0.513. The molecule has 0 bridgehead atoms. The van der Waals surface area contributed by atoms with Crippen LogP contribution in [-0.2, 0) is 0 Å². The second-order valence-corrected chi connectivity index (χ2v) is 2.72. The summed E-state index contributed by atoms with van der Waals surface area (Å²) in [4.78, 5) is 10.4. The molecule has 0 heterocycles. The highest BCUT2D eigenvalue weighted by molar-refractivity contribution is 5.84. The number of nitrogens with zero attached hydrogens (tertiary/aromatic N) is 2. The lowest BCUT2D eigenvalue weighted by atomic mass is 10.2. The first kappa shape index (κ1) is 11.5. The van der Waals surface area contributed by atoms with Gasteiger partial charge in [-0.1, -0.05) is 12.1 Å². The second kappa shape index (κ2) is 6.03. The molecule has 0 radical (unpaired) electrons. The Morgan fingerprint density at radius 1 is 1.62 bits per heavy atom. The lowest BCUT2D eigenvalue weighted by Gasteiger charge is -2.04. The highest BCUT2D eigenvalue weighted by Gasteiger charge is 1.99. The lowest BCUT2D eigenvalue weighted by Crippen LogP contribution is -2.24. The molecule has 0 saturated heterocycles. The van der Waals surface area contributed by atoms with Gasteiger partial charge in [-0.15, -0.1) is 0 Å². The number of para-hydroxylation sites is 1. The maximum absolute atomic E-state index is 10.4. The van der Waals surface area contributed by atoms with E-state index in [-0.39, 0.29) is 6.61 Å². The fraction of sp³-hybridized carbons (Fsp3) is 0.100. The highest BCUT2D eigenvalue weighted by Crippen LogP contribution is 2.15. The van der Waals surface area contributed by atoms with E-state index in [4.69, 9.17) is 15.7 Å². The molecule has 1 aromatic rings. The molecule has 0 fully saturated rings. The first-order valence-electron chi connectivity index (χ1n) is 4.41. The zero-order chi connectivity index (χ0) is 11.8. The third-order valence-electron chi connectivity index (χ3n) is 1.59. The van der Waals surface area contributed by atoms with Gasteiger partial charge in [0.2, 0.25) is 0 Å². The van der Waals surface area contributed by atoms with Gasteiger partial charge < -0.3 is 10.5 Å². The first-order chi connectivity index (χ1) is 7.74. The number of hydrogen-bond acceptors (Lipinski definition) is 4. The van der Waals surface area contributed by atoms with Gasteiger partial charge in [0.25, 0.3) is 0 Å². The average molecular weight is 218 g/mol. The zero-order valence-electron chi connectivity index (χ0n) is 8.38. The molecule has 1 rings (SSSR count). The van der Waals surface area contributed by atoms with Gasteiger partial charge in [-0.2, -0.15) is 10.4 Å². The standard InChI is InChI=1S/C10H10N4O2/c11-5-6-16-9-4-2-1-3-8(9)7-13-14-10(12)15/h1-4,7H,6H2,(H3,12,14,15). The fourth-order valence-corrected chi connectivity index (χ4v) is 0.994. The number of primary amides is 1. The molecule has 3 N–H and O–H groups in total. The number of ether oxygens (including phenoxy) is 1. The first-order valence-corrected chi connectivity index (χ1v) is 4.41. The van der Waals surface area contributed by atoms with E-state index in [1.54, 1.807) is 24.3 Å². The van der Waals surface area contributed by atoms with Crippen molar-refractivity contribution in [1.82, 2.24) is 5.43 Å². The van der Waals surface area contributed by atoms with Crippen molar-refractivity contribution in [1.29, 1.82) is 5.26 Å². The lowest BCUT2D eigenvalue weighted by molar-refractivity contribution is 0.249. The number of benzene rings is 1. The minimum atomic E-state index is -0.744. The molecule has 0 aliphatic carbocycles. The summed E-state index contributed by atoms with van der Waals surface area (Å²) in [6.07, 6.45) is 1.39. The second-order valence-electron chi connectivity index (χ2n) is 2.72. The Labute approximate surface area is 92.3 Å². The SMILES string of the molecule is N#CCOc1ccccc1C=NNC(N)=O. The number of nitriles is 1. The van der Waals surface area contributed by atoms with Gasteiger partial charge in [-0.25, -0.2) is 10.2 Å². The molecule has 6 nitrogen and oxygen atoms in total. The van der Waals surface area contributed by atoms with Crippen molar-refractivity contribution in [3.8, 4) is 11.8 Å². The normalized spacial score (nSPS) is 9.69. The van der Waals surface area contributed by atoms with Crippen LogP contribution in [-0.4, -0.2) is 18.9 Å². The number of amides is 2. The van der Waals surface area contributed by atoms with Crippen molar-refractivity contribution in [3.05, 3.63) is 29.8 Å². The van der Waals surface area contributed by atoms with Crippen LogP contribution in [0.1, 0.15) is 5.56 Å². The van der Waals surface area contributed by atoms with Gasteiger partial charge in [-0.05, 0) is 12.1 Å². The van der Waals surface area contributed by atoms with Crippen molar-refractivity contribution >= 4 is 12.2 Å². The van der Waals surface area contributed by atoms with Crippen LogP contribution in [0.3, 0.4) is 0 Å². The van der Waals surface area contributed by atoms with E-state index in [0.717, 1.165) is 0 Å². The van der Waals surface area contributed by atoms with E-state index in [0.29, 0.717) is 11.3 Å². The Kier molecular flexibility index (Phi) is 4.34. The monoisotopic (exact) mass is 218 g/mol. The summed E-state index contributed by atoms with van der Waals surface area (Å²) in [7, 11) is 0. The van der Waals surface area contributed by atoms with Gasteiger partial charge in [0.15, 0.2) is 6.61 Å². The van der Waals surface area contributed by atoms with Crippen LogP contribution in [0.2, 0.25) is 0 Å². The Bertz CT molecular complexity index is 437. The van der Waals surface area contributed by atoms with Gasteiger partial charge >= 0.3 is 6.03 Å². The quantitative estimate of drug-likeness (QED) is 0.571. The molecule has 6 heteroatoms. The predicted octanol–water partition coefficient (Wildman–Crippen LogP) is 0.591. The van der Waals surface area contributed by atoms with Crippen molar-refractivity contribution in [3.63, 3.8) is 0 Å². The van der Waals surface area contributed by atoms with Gasteiger partial charge in [0.05, 0.1) is 6.21 Å². The molecule has 0 aliphatic heterocycles. The van der Waals surface area contributed by atoms with E-state index in [1.807, 2.05) is 6.07 Å². The number of nitrogens with one attached hydrogen (secondary N) is 1. The molecule has 0 unspecified atom stereocenters. The molecular formula is C10H10N4O2. The number of nitrogens with two attached hydrogens (primary N) is 1. The third-order valence-corrected chi connectivity index (χ3v) is 1.59. The van der Waals surface area contributed by atoms with Crippen molar-refractivity contribution in [2.45, 2.75) is 0 Å². The van der Waals surface area contributed by atoms with Crippen LogP contribution in [0.15, 0.2) is 29.4 Å². The molecule has 1 aromatic carbocycles. The number of carbonyl (C=O) groups excluding carboxylic acids is 1. The summed E-state index contributed by atoms with van der Waals surface area (Å²) >= 11 is 0. The van der Waals surface area contributed by atoms with Crippen LogP contribution in [0.5, 0.6) is 5.75 Å². The maximum Gasteiger partial charge on any atom is 0.332 e. The van der Waals surface area contributed by atoms with Crippen LogP contribution in [0.4, 0.5) is 4.79 Å². The minimum Gasteiger partial charge on any atom is -0.478 e. The molecule has 0 aromatic heterocycles. The Morgan fingerprint density at radius 3 is 3.06 bits per heavy atom. The Balaban J connectivity index is 2.74. The average Bonchev–Trinajstić information content (AvgIpc) is 2.27. The molecule has 0 saturated carbocycles. The van der Waals surface area contributed by atoms with Crippen molar-refractivity contribution in [2.75, 3.05) is 6.61 Å². The van der Waals surface area contributed by atoms with Gasteiger partial charge in [-0.3, -0.25) is 0 Å². The highest BCUT2D eigenvalue weighted by atomic mass is 16.5. The summed E-state index contributed by atoms with van der Waals surface area (Å²) in [5, 5.41) is 12.0. The van der Waals surface area contributed by atoms with Crippen LogP contribution in [0.25, 0.3) is 0 Å². The smallest absolute Gasteiger partial charge is 0.332 e. The third kappa shape index (κ3) is 3.67. The number of carbonyl (C=O) groups is 1. The number of urea groups is 1. The summed E-state index contributed by atoms with van der Waals surface area (Å²) < 4.78 is 5.15. The summed E-state index contributed by atoms with van der Waals surface area (Å²) in [6.45, 7) is -0.0475. The topological polar surface area (TPSA) is 100 Å². The van der Waals surface area contributed by atoms with E-state index >= 15 is 0 Å². The summed E-state index contributed by atoms with van der Waals surface area (Å²) in [5.41, 5.74) is 7.55. The van der Waals surface area contributed by atoms with E-state index in [1.165, 1.54) is 6.21 Å². The Hall–Kier alpha value is -2.55. The van der Waals surface area contributed by atoms with Crippen molar-refractivity contribution < 1.29 is 9.53 Å². The van der Waals surface area contributed by atoms with Crippen LogP contribution >= 0.6 is 0 Å². The molecule has 0 aliphatic rings. The number of hydrazone groups is 1. The number of hydrogen-bond donors (Lipinski definition) is 2. The van der Waals surface area contributed by atoms with Crippen molar-refractivity contribution in [2.24, 2.45) is 10.8 Å². The Morgan fingerprint density at radius 2 is 2.38 bits per heavy atom. The molecule has 2 amide bonds. The van der Waals surface area contributed by atoms with E-state index in [9.17, 15) is 4.79 Å². The van der Waals surface area contributed by atoms with Gasteiger partial charge in [0, 0.05) is 5.56 Å². The molecular weight excluding hydrogens is 208 g/mol. The molecule has 82 valence electrons. The fourth-order valence-electron chi connectivity index (χ4n) is 0.994. The minimum absolute atomic E-state index is 0.0475. The zero-order valence-corrected chi connectivity index (χ0v) is 8.38. The molecule has 16 heavy (non-hydrogen) atoms. The molecule has 0 spiro atoms. The predicted molar refractivity (Wildman–Crippen MR) is 57.9 cm³/mol. The maximum atomic E-state index is 10.4. The van der Waals surface area contributed by atoms with Crippen LogP contribution < -0.4 is 15.9 Å². The molecule has 0 atom stereocenters. The van der Waals surface area contributed by atoms with E-state index in [2.05, 4.69) is 10.5 Å². The van der Waals surface area contributed by atoms with E-state index < -0.39 is 6.03 Å². The summed E-state index contributed by atoms with van der Waals surface area (Å²) in [6, 6.07) is 8.10. The van der Waals surface area contributed by atoms with Crippen LogP contribution in [0, 0.1) is 11.3 Å². The number of rotatable bonds is 4.